The van der Waals surface area contributed by atoms with Crippen LogP contribution in [-0.2, 0) is 16.0 Å². The van der Waals surface area contributed by atoms with Gasteiger partial charge in [0.25, 0.3) is 0 Å². The van der Waals surface area contributed by atoms with Gasteiger partial charge in [-0.1, -0.05) is 18.2 Å². The van der Waals surface area contributed by atoms with Gasteiger partial charge in [-0.2, -0.15) is 0 Å². The van der Waals surface area contributed by atoms with Crippen molar-refractivity contribution in [1.82, 2.24) is 5.32 Å². The summed E-state index contributed by atoms with van der Waals surface area (Å²) >= 11 is 0. The van der Waals surface area contributed by atoms with Crippen molar-refractivity contribution in [3.63, 3.8) is 0 Å². The zero-order valence-corrected chi connectivity index (χ0v) is 11.7. The molecule has 1 heterocycles. The first-order valence-corrected chi connectivity index (χ1v) is 6.56. The molecule has 0 bridgehead atoms. The van der Waals surface area contributed by atoms with Crippen LogP contribution in [0.1, 0.15) is 32.8 Å². The van der Waals surface area contributed by atoms with Gasteiger partial charge in [-0.25, -0.2) is 0 Å². The van der Waals surface area contributed by atoms with Gasteiger partial charge in [0.15, 0.2) is 0 Å². The van der Waals surface area contributed by atoms with Crippen molar-refractivity contribution in [3.8, 4) is 0 Å². The molecule has 1 aliphatic rings. The number of para-hydroxylation sites is 1. The van der Waals surface area contributed by atoms with Gasteiger partial charge in [0, 0.05) is 17.8 Å². The number of anilines is 1. The Kier molecular flexibility index (Phi) is 3.60. The molecule has 1 N–H and O–H groups in total. The second-order valence-corrected chi connectivity index (χ2v) is 5.90. The molecule has 2 rings (SSSR count). The molecular weight excluding hydrogens is 240 g/mol. The van der Waals surface area contributed by atoms with Gasteiger partial charge in [0.05, 0.1) is 0 Å². The molecule has 2 amide bonds. The number of benzene rings is 1. The number of amides is 2. The van der Waals surface area contributed by atoms with Crippen molar-refractivity contribution in [2.24, 2.45) is 0 Å². The van der Waals surface area contributed by atoms with Crippen LogP contribution in [0.5, 0.6) is 0 Å². The average Bonchev–Trinajstić information content (AvgIpc) is 2.69. The molecule has 1 aromatic rings. The first-order chi connectivity index (χ1) is 8.87. The van der Waals surface area contributed by atoms with E-state index < -0.39 is 0 Å². The lowest BCUT2D eigenvalue weighted by atomic mass is 10.1. The Morgan fingerprint density at radius 3 is 2.63 bits per heavy atom. The SMILES string of the molecule is CC(C)(C)NC(=O)CC(=O)N1CCc2ccccc21. The number of hydrogen-bond donors (Lipinski definition) is 1. The maximum atomic E-state index is 12.2. The zero-order valence-electron chi connectivity index (χ0n) is 11.7. The van der Waals surface area contributed by atoms with Gasteiger partial charge in [-0.05, 0) is 38.8 Å². The Bertz CT molecular complexity index is 503. The van der Waals surface area contributed by atoms with Crippen LogP contribution in [0.4, 0.5) is 5.69 Å². The van der Waals surface area contributed by atoms with Gasteiger partial charge in [0.1, 0.15) is 6.42 Å². The minimum atomic E-state index is -0.305. The van der Waals surface area contributed by atoms with Gasteiger partial charge < -0.3 is 10.2 Å². The highest BCUT2D eigenvalue weighted by Gasteiger charge is 2.26. The predicted octanol–water partition coefficient (Wildman–Crippen LogP) is 1.88. The lowest BCUT2D eigenvalue weighted by Gasteiger charge is -2.22. The van der Waals surface area contributed by atoms with E-state index in [2.05, 4.69) is 5.32 Å². The van der Waals surface area contributed by atoms with E-state index in [0.29, 0.717) is 6.54 Å². The lowest BCUT2D eigenvalue weighted by molar-refractivity contribution is -0.128. The van der Waals surface area contributed by atoms with Crippen LogP contribution < -0.4 is 10.2 Å². The lowest BCUT2D eigenvalue weighted by Crippen LogP contribution is -2.43. The summed E-state index contributed by atoms with van der Waals surface area (Å²) in [5.74, 6) is -0.353. The Morgan fingerprint density at radius 1 is 1.26 bits per heavy atom. The summed E-state index contributed by atoms with van der Waals surface area (Å²) in [6.45, 7) is 6.38. The molecule has 0 fully saturated rings. The van der Waals surface area contributed by atoms with Crippen LogP contribution in [0.2, 0.25) is 0 Å². The van der Waals surface area contributed by atoms with E-state index in [9.17, 15) is 9.59 Å². The Balaban J connectivity index is 2.01. The Morgan fingerprint density at radius 2 is 1.95 bits per heavy atom. The minimum absolute atomic E-state index is 0.0917. The van der Waals surface area contributed by atoms with Crippen molar-refractivity contribution in [1.29, 1.82) is 0 Å². The third-order valence-corrected chi connectivity index (χ3v) is 3.01. The van der Waals surface area contributed by atoms with E-state index in [0.717, 1.165) is 12.1 Å². The summed E-state index contributed by atoms with van der Waals surface area (Å²) < 4.78 is 0. The highest BCUT2D eigenvalue weighted by atomic mass is 16.2. The third kappa shape index (κ3) is 3.34. The summed E-state index contributed by atoms with van der Waals surface area (Å²) in [4.78, 5) is 25.7. The maximum Gasteiger partial charge on any atom is 0.236 e. The Labute approximate surface area is 113 Å². The number of hydrogen-bond acceptors (Lipinski definition) is 2. The van der Waals surface area contributed by atoms with Gasteiger partial charge in [-0.15, -0.1) is 0 Å². The van der Waals surface area contributed by atoms with E-state index in [1.54, 1.807) is 4.90 Å². The Hall–Kier alpha value is -1.84. The second kappa shape index (κ2) is 5.03. The van der Waals surface area contributed by atoms with Gasteiger partial charge in [-0.3, -0.25) is 9.59 Å². The summed E-state index contributed by atoms with van der Waals surface area (Å²) in [6.07, 6.45) is 0.772. The molecule has 0 radical (unpaired) electrons. The van der Waals surface area contributed by atoms with Crippen LogP contribution >= 0.6 is 0 Å². The van der Waals surface area contributed by atoms with E-state index >= 15 is 0 Å². The van der Waals surface area contributed by atoms with Crippen molar-refractivity contribution in [3.05, 3.63) is 29.8 Å². The average molecular weight is 260 g/mol. The molecule has 102 valence electrons. The first kappa shape index (κ1) is 13.6. The number of nitrogens with zero attached hydrogens (tertiary/aromatic N) is 1. The van der Waals surface area contributed by atoms with Crippen molar-refractivity contribution < 1.29 is 9.59 Å². The quantitative estimate of drug-likeness (QED) is 0.825. The van der Waals surface area contributed by atoms with Gasteiger partial charge in [0.2, 0.25) is 11.8 Å². The van der Waals surface area contributed by atoms with E-state index in [1.807, 2.05) is 45.0 Å². The third-order valence-electron chi connectivity index (χ3n) is 3.01. The highest BCUT2D eigenvalue weighted by Crippen LogP contribution is 2.27. The maximum absolute atomic E-state index is 12.2. The second-order valence-electron chi connectivity index (χ2n) is 5.90. The standard InChI is InChI=1S/C15H20N2O2/c1-15(2,3)16-13(18)10-14(19)17-9-8-11-6-4-5-7-12(11)17/h4-7H,8-10H2,1-3H3,(H,16,18). The molecule has 0 aromatic heterocycles. The normalized spacial score (nSPS) is 14.2. The predicted molar refractivity (Wildman–Crippen MR) is 75.0 cm³/mol. The van der Waals surface area contributed by atoms with Crippen LogP contribution in [0.15, 0.2) is 24.3 Å². The molecule has 4 heteroatoms. The fraction of sp³-hybridized carbons (Fsp3) is 0.467. The molecule has 0 saturated heterocycles. The molecule has 19 heavy (non-hydrogen) atoms. The van der Waals surface area contributed by atoms with Crippen LogP contribution in [0.25, 0.3) is 0 Å². The monoisotopic (exact) mass is 260 g/mol. The molecule has 0 aliphatic carbocycles. The minimum Gasteiger partial charge on any atom is -0.351 e. The van der Waals surface area contributed by atoms with Crippen molar-refractivity contribution in [2.45, 2.75) is 39.2 Å². The smallest absolute Gasteiger partial charge is 0.236 e. The summed E-state index contributed by atoms with van der Waals surface area (Å²) in [5, 5.41) is 2.81. The summed E-state index contributed by atoms with van der Waals surface area (Å²) in [5.41, 5.74) is 1.81. The molecule has 0 atom stereocenters. The molecule has 1 aliphatic heterocycles. The zero-order chi connectivity index (χ0) is 14.0. The fourth-order valence-electron chi connectivity index (χ4n) is 2.29. The van der Waals surface area contributed by atoms with Crippen LogP contribution in [0, 0.1) is 0 Å². The fourth-order valence-corrected chi connectivity index (χ4v) is 2.29. The van der Waals surface area contributed by atoms with Crippen molar-refractivity contribution >= 4 is 17.5 Å². The largest absolute Gasteiger partial charge is 0.351 e. The topological polar surface area (TPSA) is 49.4 Å². The number of carbonyl (C=O) groups excluding carboxylic acids is 2. The van der Waals surface area contributed by atoms with E-state index in [1.165, 1.54) is 5.56 Å². The van der Waals surface area contributed by atoms with Gasteiger partial charge >= 0.3 is 0 Å². The number of carbonyl (C=O) groups is 2. The van der Waals surface area contributed by atoms with E-state index in [-0.39, 0.29) is 23.8 Å². The molecule has 0 spiro atoms. The molecular formula is C15H20N2O2. The number of rotatable bonds is 2. The number of fused-ring (bicyclic) bond motifs is 1. The molecule has 1 aromatic carbocycles. The molecule has 4 nitrogen and oxygen atoms in total. The molecule has 0 saturated carbocycles. The van der Waals surface area contributed by atoms with E-state index in [4.69, 9.17) is 0 Å². The summed E-state index contributed by atoms with van der Waals surface area (Å²) in [6, 6.07) is 7.85. The van der Waals surface area contributed by atoms with Crippen molar-refractivity contribution in [2.75, 3.05) is 11.4 Å². The van der Waals surface area contributed by atoms with Crippen LogP contribution in [-0.4, -0.2) is 23.9 Å². The van der Waals surface area contributed by atoms with Crippen LogP contribution in [0.3, 0.4) is 0 Å². The first-order valence-electron chi connectivity index (χ1n) is 6.56. The molecule has 0 unspecified atom stereocenters. The highest BCUT2D eigenvalue weighted by molar-refractivity contribution is 6.06. The summed E-state index contributed by atoms with van der Waals surface area (Å²) in [7, 11) is 0. The number of nitrogens with one attached hydrogen (secondary N) is 1.